The second kappa shape index (κ2) is 14.5. The molecule has 0 spiro atoms. The molecule has 0 aliphatic rings. The van der Waals surface area contributed by atoms with E-state index in [9.17, 15) is 4.79 Å². The quantitative estimate of drug-likeness (QED) is 0.129. The van der Waals surface area contributed by atoms with E-state index in [0.717, 1.165) is 29.7 Å². The Morgan fingerprint density at radius 3 is 1.94 bits per heavy atom. The van der Waals surface area contributed by atoms with E-state index >= 15 is 0 Å². The molecule has 0 N–H and O–H groups in total. The molecule has 32 heavy (non-hydrogen) atoms. The Morgan fingerprint density at radius 2 is 1.38 bits per heavy atom. The van der Waals surface area contributed by atoms with Gasteiger partial charge in [0.05, 0.1) is 5.92 Å². The topological polar surface area (TPSA) is 35.5 Å². The summed E-state index contributed by atoms with van der Waals surface area (Å²) >= 11 is 0. The van der Waals surface area contributed by atoms with Gasteiger partial charge in [-0.05, 0) is 61.2 Å². The highest BCUT2D eigenvalue weighted by molar-refractivity contribution is 5.75. The van der Waals surface area contributed by atoms with Crippen molar-refractivity contribution in [2.45, 2.75) is 79.1 Å². The van der Waals surface area contributed by atoms with Gasteiger partial charge in [-0.25, -0.2) is 0 Å². The zero-order valence-electron chi connectivity index (χ0n) is 20.4. The summed E-state index contributed by atoms with van der Waals surface area (Å²) in [6.45, 7) is 8.88. The van der Waals surface area contributed by atoms with Crippen molar-refractivity contribution in [1.82, 2.24) is 0 Å². The van der Waals surface area contributed by atoms with E-state index in [-0.39, 0.29) is 11.9 Å². The maximum absolute atomic E-state index is 12.4. The molecule has 1 unspecified atom stereocenters. The Labute approximate surface area is 194 Å². The highest BCUT2D eigenvalue weighted by Gasteiger charge is 2.15. The SMILES string of the molecule is CC=C(C)COc1ccc(-c2ccc(OC(=O)C(C)CCCCCCCCC)cc2)cc1. The van der Waals surface area contributed by atoms with Gasteiger partial charge in [0.15, 0.2) is 0 Å². The molecule has 3 heteroatoms. The van der Waals surface area contributed by atoms with E-state index in [1.165, 1.54) is 44.1 Å². The molecular weight excluding hydrogens is 396 g/mol. The molecule has 0 amide bonds. The van der Waals surface area contributed by atoms with Crippen LogP contribution in [0, 0.1) is 5.92 Å². The van der Waals surface area contributed by atoms with Gasteiger partial charge < -0.3 is 9.47 Å². The summed E-state index contributed by atoms with van der Waals surface area (Å²) < 4.78 is 11.4. The summed E-state index contributed by atoms with van der Waals surface area (Å²) in [5.74, 6) is 1.26. The van der Waals surface area contributed by atoms with Gasteiger partial charge in [-0.3, -0.25) is 4.79 Å². The van der Waals surface area contributed by atoms with Crippen LogP contribution in [0.3, 0.4) is 0 Å². The predicted molar refractivity (Wildman–Crippen MR) is 134 cm³/mol. The molecule has 0 fully saturated rings. The standard InChI is InChI=1S/C29H40O3/c1-5-7-8-9-10-11-12-13-24(4)29(30)32-28-20-16-26(17-21-28)25-14-18-27(19-15-25)31-22-23(3)6-2/h6,14-21,24H,5,7-13,22H2,1-4H3. The van der Waals surface area contributed by atoms with Crippen LogP contribution in [-0.4, -0.2) is 12.6 Å². The number of hydrogen-bond donors (Lipinski definition) is 0. The normalized spacial score (nSPS) is 12.4. The van der Waals surface area contributed by atoms with E-state index in [0.29, 0.717) is 12.4 Å². The average molecular weight is 437 g/mol. The number of carbonyl (C=O) groups excluding carboxylic acids is 1. The van der Waals surface area contributed by atoms with Crippen molar-refractivity contribution >= 4 is 5.97 Å². The fourth-order valence-corrected chi connectivity index (χ4v) is 3.48. The number of allylic oxidation sites excluding steroid dienone is 1. The number of carbonyl (C=O) groups is 1. The maximum Gasteiger partial charge on any atom is 0.314 e. The smallest absolute Gasteiger partial charge is 0.314 e. The van der Waals surface area contributed by atoms with Crippen LogP contribution in [0.2, 0.25) is 0 Å². The number of ether oxygens (including phenoxy) is 2. The molecule has 2 rings (SSSR count). The number of esters is 1. The zero-order chi connectivity index (χ0) is 23.2. The van der Waals surface area contributed by atoms with Gasteiger partial charge in [0.1, 0.15) is 18.1 Å². The average Bonchev–Trinajstić information content (AvgIpc) is 2.82. The van der Waals surface area contributed by atoms with Crippen LogP contribution in [0.15, 0.2) is 60.2 Å². The molecule has 3 nitrogen and oxygen atoms in total. The van der Waals surface area contributed by atoms with Gasteiger partial charge in [-0.15, -0.1) is 0 Å². The molecule has 174 valence electrons. The molecule has 0 radical (unpaired) electrons. The van der Waals surface area contributed by atoms with Crippen LogP contribution in [-0.2, 0) is 4.79 Å². The molecule has 0 saturated heterocycles. The van der Waals surface area contributed by atoms with E-state index in [1.54, 1.807) is 0 Å². The van der Waals surface area contributed by atoms with Crippen LogP contribution in [0.1, 0.15) is 79.1 Å². The fraction of sp³-hybridized carbons (Fsp3) is 0.483. The van der Waals surface area contributed by atoms with E-state index in [2.05, 4.69) is 19.9 Å². The van der Waals surface area contributed by atoms with Crippen LogP contribution in [0.25, 0.3) is 11.1 Å². The van der Waals surface area contributed by atoms with Crippen molar-refractivity contribution in [3.63, 3.8) is 0 Å². The van der Waals surface area contributed by atoms with Crippen molar-refractivity contribution in [3.8, 4) is 22.6 Å². The molecule has 0 heterocycles. The minimum atomic E-state index is -0.137. The number of benzene rings is 2. The lowest BCUT2D eigenvalue weighted by molar-refractivity contribution is -0.138. The van der Waals surface area contributed by atoms with Crippen molar-refractivity contribution in [2.75, 3.05) is 6.61 Å². The Morgan fingerprint density at radius 1 is 0.844 bits per heavy atom. The molecule has 0 aliphatic carbocycles. The molecule has 0 saturated carbocycles. The third-order valence-corrected chi connectivity index (χ3v) is 5.86. The first kappa shape index (κ1) is 25.7. The fourth-order valence-electron chi connectivity index (χ4n) is 3.48. The number of rotatable bonds is 14. The summed E-state index contributed by atoms with van der Waals surface area (Å²) in [6, 6.07) is 15.8. The molecule has 0 bridgehead atoms. The van der Waals surface area contributed by atoms with Gasteiger partial charge in [0, 0.05) is 0 Å². The zero-order valence-corrected chi connectivity index (χ0v) is 20.4. The lowest BCUT2D eigenvalue weighted by Crippen LogP contribution is -2.17. The van der Waals surface area contributed by atoms with E-state index < -0.39 is 0 Å². The molecule has 2 aromatic rings. The van der Waals surface area contributed by atoms with Crippen LogP contribution < -0.4 is 9.47 Å². The Hall–Kier alpha value is -2.55. The van der Waals surface area contributed by atoms with Crippen LogP contribution in [0.5, 0.6) is 11.5 Å². The monoisotopic (exact) mass is 436 g/mol. The van der Waals surface area contributed by atoms with Crippen molar-refractivity contribution in [2.24, 2.45) is 5.92 Å². The number of hydrogen-bond acceptors (Lipinski definition) is 3. The summed E-state index contributed by atoms with van der Waals surface area (Å²) in [4.78, 5) is 12.4. The second-order valence-corrected chi connectivity index (χ2v) is 8.70. The largest absolute Gasteiger partial charge is 0.489 e. The highest BCUT2D eigenvalue weighted by atomic mass is 16.5. The van der Waals surface area contributed by atoms with Crippen LogP contribution >= 0.6 is 0 Å². The van der Waals surface area contributed by atoms with Gasteiger partial charge in [0.2, 0.25) is 0 Å². The predicted octanol–water partition coefficient (Wildman–Crippen LogP) is 8.38. The van der Waals surface area contributed by atoms with Gasteiger partial charge in [-0.1, -0.05) is 89.1 Å². The first-order valence-electron chi connectivity index (χ1n) is 12.2. The second-order valence-electron chi connectivity index (χ2n) is 8.70. The molecular formula is C29H40O3. The first-order chi connectivity index (χ1) is 15.5. The maximum atomic E-state index is 12.4. The van der Waals surface area contributed by atoms with Gasteiger partial charge >= 0.3 is 5.97 Å². The summed E-state index contributed by atoms with van der Waals surface area (Å²) in [6.07, 6.45) is 11.8. The van der Waals surface area contributed by atoms with Crippen molar-refractivity contribution in [3.05, 3.63) is 60.2 Å². The highest BCUT2D eigenvalue weighted by Crippen LogP contribution is 2.25. The molecule has 2 aromatic carbocycles. The Bertz CT molecular complexity index is 818. The lowest BCUT2D eigenvalue weighted by atomic mass is 10.0. The lowest BCUT2D eigenvalue weighted by Gasteiger charge is -2.12. The Kier molecular flexibility index (Phi) is 11.6. The summed E-state index contributed by atoms with van der Waals surface area (Å²) in [5.41, 5.74) is 3.39. The minimum Gasteiger partial charge on any atom is -0.489 e. The first-order valence-corrected chi connectivity index (χ1v) is 12.2. The summed E-state index contributed by atoms with van der Waals surface area (Å²) in [5, 5.41) is 0. The van der Waals surface area contributed by atoms with Gasteiger partial charge in [0.25, 0.3) is 0 Å². The van der Waals surface area contributed by atoms with Crippen molar-refractivity contribution < 1.29 is 14.3 Å². The van der Waals surface area contributed by atoms with Crippen molar-refractivity contribution in [1.29, 1.82) is 0 Å². The van der Waals surface area contributed by atoms with E-state index in [4.69, 9.17) is 9.47 Å². The third kappa shape index (κ3) is 9.30. The third-order valence-electron chi connectivity index (χ3n) is 5.86. The number of unbranched alkanes of at least 4 members (excludes halogenated alkanes) is 6. The van der Waals surface area contributed by atoms with E-state index in [1.807, 2.05) is 62.4 Å². The van der Waals surface area contributed by atoms with Crippen LogP contribution in [0.4, 0.5) is 0 Å². The molecule has 1 atom stereocenters. The summed E-state index contributed by atoms with van der Waals surface area (Å²) in [7, 11) is 0. The minimum absolute atomic E-state index is 0.0657. The Balaban J connectivity index is 1.77. The molecule has 0 aromatic heterocycles. The molecule has 0 aliphatic heterocycles. The van der Waals surface area contributed by atoms with Gasteiger partial charge in [-0.2, -0.15) is 0 Å².